The van der Waals surface area contributed by atoms with Gasteiger partial charge in [-0.25, -0.2) is 8.78 Å². The minimum absolute atomic E-state index is 0.320. The fourth-order valence-corrected chi connectivity index (χ4v) is 2.09. The topological polar surface area (TPSA) is 12.0 Å². The average Bonchev–Trinajstić information content (AvgIpc) is 2.42. The van der Waals surface area contributed by atoms with Crippen molar-refractivity contribution < 1.29 is 8.78 Å². The maximum absolute atomic E-state index is 13.9. The summed E-state index contributed by atoms with van der Waals surface area (Å²) < 4.78 is 27.8. The van der Waals surface area contributed by atoms with Gasteiger partial charge in [-0.05, 0) is 25.1 Å². The number of benzene rings is 2. The Kier molecular flexibility index (Phi) is 4.63. The number of hydrogen-bond donors (Lipinski definition) is 1. The third kappa shape index (κ3) is 3.18. The fourth-order valence-electron chi connectivity index (χ4n) is 2.09. The predicted octanol–water partition coefficient (Wildman–Crippen LogP) is 4.05. The van der Waals surface area contributed by atoms with Crippen molar-refractivity contribution in [2.45, 2.75) is 19.4 Å². The lowest BCUT2D eigenvalue weighted by molar-refractivity contribution is 0.520. The Morgan fingerprint density at radius 3 is 1.79 bits per heavy atom. The van der Waals surface area contributed by atoms with E-state index in [0.29, 0.717) is 17.7 Å². The van der Waals surface area contributed by atoms with Crippen molar-refractivity contribution in [3.63, 3.8) is 0 Å². The van der Waals surface area contributed by atoms with E-state index in [2.05, 4.69) is 5.32 Å². The molecule has 0 fully saturated rings. The summed E-state index contributed by atoms with van der Waals surface area (Å²) in [7, 11) is 0. The van der Waals surface area contributed by atoms with Gasteiger partial charge in [-0.1, -0.05) is 43.3 Å². The quantitative estimate of drug-likeness (QED) is 0.856. The second-order valence-electron chi connectivity index (χ2n) is 4.43. The first-order valence-corrected chi connectivity index (χ1v) is 6.46. The Morgan fingerprint density at radius 1 is 0.895 bits per heavy atom. The van der Waals surface area contributed by atoms with E-state index in [9.17, 15) is 8.78 Å². The van der Waals surface area contributed by atoms with Gasteiger partial charge in [0.1, 0.15) is 11.6 Å². The maximum atomic E-state index is 13.9. The zero-order chi connectivity index (χ0) is 13.7. The van der Waals surface area contributed by atoms with Crippen LogP contribution in [0, 0.1) is 11.6 Å². The molecule has 2 aromatic carbocycles. The van der Waals surface area contributed by atoms with Gasteiger partial charge in [0, 0.05) is 11.1 Å². The summed E-state index contributed by atoms with van der Waals surface area (Å²) in [6.07, 6.45) is 0.902. The molecular formula is C16H17F2N. The highest BCUT2D eigenvalue weighted by atomic mass is 19.1. The highest BCUT2D eigenvalue weighted by Crippen LogP contribution is 2.26. The van der Waals surface area contributed by atoms with Gasteiger partial charge >= 0.3 is 0 Å². The molecule has 0 bridgehead atoms. The van der Waals surface area contributed by atoms with Crippen molar-refractivity contribution in [2.24, 2.45) is 0 Å². The van der Waals surface area contributed by atoms with E-state index in [0.717, 1.165) is 6.42 Å². The van der Waals surface area contributed by atoms with Gasteiger partial charge in [-0.3, -0.25) is 0 Å². The van der Waals surface area contributed by atoms with Crippen LogP contribution < -0.4 is 5.32 Å². The van der Waals surface area contributed by atoms with Gasteiger partial charge in [0.2, 0.25) is 0 Å². The van der Waals surface area contributed by atoms with Gasteiger partial charge in [0.05, 0.1) is 6.04 Å². The van der Waals surface area contributed by atoms with Gasteiger partial charge < -0.3 is 5.32 Å². The molecule has 100 valence electrons. The van der Waals surface area contributed by atoms with Gasteiger partial charge in [-0.2, -0.15) is 0 Å². The zero-order valence-electron chi connectivity index (χ0n) is 10.9. The number of rotatable bonds is 5. The third-order valence-corrected chi connectivity index (χ3v) is 3.03. The molecule has 0 radical (unpaired) electrons. The molecule has 0 aromatic heterocycles. The van der Waals surface area contributed by atoms with Crippen molar-refractivity contribution >= 4 is 0 Å². The Morgan fingerprint density at radius 2 is 1.37 bits per heavy atom. The molecule has 0 saturated heterocycles. The normalized spacial score (nSPS) is 10.9. The Bertz CT molecular complexity index is 494. The largest absolute Gasteiger partial charge is 0.306 e. The summed E-state index contributed by atoms with van der Waals surface area (Å²) in [5.41, 5.74) is 0.946. The van der Waals surface area contributed by atoms with Crippen LogP contribution in [0.3, 0.4) is 0 Å². The molecule has 1 nitrogen and oxygen atoms in total. The molecular weight excluding hydrogens is 244 g/mol. The van der Waals surface area contributed by atoms with E-state index in [1.165, 1.54) is 12.1 Å². The highest BCUT2D eigenvalue weighted by Gasteiger charge is 2.19. The first-order valence-electron chi connectivity index (χ1n) is 6.46. The second-order valence-corrected chi connectivity index (χ2v) is 4.43. The van der Waals surface area contributed by atoms with Gasteiger partial charge in [-0.15, -0.1) is 0 Å². The minimum Gasteiger partial charge on any atom is -0.306 e. The number of hydrogen-bond acceptors (Lipinski definition) is 1. The molecule has 2 aromatic rings. The van der Waals surface area contributed by atoms with Crippen molar-refractivity contribution in [3.05, 3.63) is 71.3 Å². The Hall–Kier alpha value is -1.74. The van der Waals surface area contributed by atoms with Gasteiger partial charge in [0.15, 0.2) is 0 Å². The van der Waals surface area contributed by atoms with E-state index >= 15 is 0 Å². The van der Waals surface area contributed by atoms with E-state index in [-0.39, 0.29) is 11.6 Å². The minimum atomic E-state index is -0.456. The molecule has 0 aliphatic rings. The summed E-state index contributed by atoms with van der Waals surface area (Å²) in [4.78, 5) is 0. The van der Waals surface area contributed by atoms with Crippen LogP contribution >= 0.6 is 0 Å². The molecule has 0 amide bonds. The summed E-state index contributed by atoms with van der Waals surface area (Å²) >= 11 is 0. The molecule has 3 heteroatoms. The van der Waals surface area contributed by atoms with Crippen LogP contribution in [0.2, 0.25) is 0 Å². The molecule has 19 heavy (non-hydrogen) atoms. The highest BCUT2D eigenvalue weighted by molar-refractivity contribution is 5.33. The summed E-state index contributed by atoms with van der Waals surface area (Å²) in [5.74, 6) is -0.640. The fraction of sp³-hybridized carbons (Fsp3) is 0.250. The van der Waals surface area contributed by atoms with Gasteiger partial charge in [0.25, 0.3) is 0 Å². The lowest BCUT2D eigenvalue weighted by Gasteiger charge is -2.20. The van der Waals surface area contributed by atoms with Crippen molar-refractivity contribution in [3.8, 4) is 0 Å². The maximum Gasteiger partial charge on any atom is 0.128 e. The molecule has 1 N–H and O–H groups in total. The molecule has 0 heterocycles. The van der Waals surface area contributed by atoms with Crippen LogP contribution in [0.15, 0.2) is 48.5 Å². The van der Waals surface area contributed by atoms with Crippen molar-refractivity contribution in [2.75, 3.05) is 6.54 Å². The van der Waals surface area contributed by atoms with Crippen LogP contribution in [0.1, 0.15) is 30.5 Å². The first-order chi connectivity index (χ1) is 9.24. The molecule has 2 rings (SSSR count). The molecule has 0 aliphatic carbocycles. The zero-order valence-corrected chi connectivity index (χ0v) is 10.9. The van der Waals surface area contributed by atoms with Crippen LogP contribution in [-0.4, -0.2) is 6.54 Å². The van der Waals surface area contributed by atoms with E-state index in [1.54, 1.807) is 36.4 Å². The monoisotopic (exact) mass is 261 g/mol. The lowest BCUT2D eigenvalue weighted by Crippen LogP contribution is -2.25. The second kappa shape index (κ2) is 6.43. The summed E-state index contributed by atoms with van der Waals surface area (Å²) in [6, 6.07) is 12.5. The van der Waals surface area contributed by atoms with E-state index < -0.39 is 6.04 Å². The number of halogens is 2. The lowest BCUT2D eigenvalue weighted by atomic mass is 9.97. The van der Waals surface area contributed by atoms with E-state index in [1.807, 2.05) is 6.92 Å². The predicted molar refractivity (Wildman–Crippen MR) is 72.9 cm³/mol. The van der Waals surface area contributed by atoms with Crippen molar-refractivity contribution in [1.82, 2.24) is 5.32 Å². The summed E-state index contributed by atoms with van der Waals surface area (Å²) in [5, 5.41) is 3.20. The molecule has 0 unspecified atom stereocenters. The molecule has 0 aliphatic heterocycles. The molecule has 0 saturated carbocycles. The van der Waals surface area contributed by atoms with Crippen molar-refractivity contribution in [1.29, 1.82) is 0 Å². The first kappa shape index (κ1) is 13.7. The smallest absolute Gasteiger partial charge is 0.128 e. The molecule has 0 atom stereocenters. The van der Waals surface area contributed by atoms with Crippen LogP contribution in [-0.2, 0) is 0 Å². The van der Waals surface area contributed by atoms with Crippen LogP contribution in [0.4, 0.5) is 8.78 Å². The average molecular weight is 261 g/mol. The van der Waals surface area contributed by atoms with Crippen LogP contribution in [0.25, 0.3) is 0 Å². The molecule has 0 spiro atoms. The standard InChI is InChI=1S/C16H17F2N/c1-2-11-19-16(12-7-3-5-9-14(12)17)13-8-4-6-10-15(13)18/h3-10,16,19H,2,11H2,1H3. The Balaban J connectivity index is 2.42. The number of nitrogens with one attached hydrogen (secondary N) is 1. The third-order valence-electron chi connectivity index (χ3n) is 3.03. The SMILES string of the molecule is CCCNC(c1ccccc1F)c1ccccc1F. The van der Waals surface area contributed by atoms with E-state index in [4.69, 9.17) is 0 Å². The summed E-state index contributed by atoms with van der Waals surface area (Å²) in [6.45, 7) is 2.72. The van der Waals surface area contributed by atoms with Crippen LogP contribution in [0.5, 0.6) is 0 Å². The Labute approximate surface area is 112 Å².